The minimum Gasteiger partial charge on any atom is -0.450 e. The maximum atomic E-state index is 11.8. The van der Waals surface area contributed by atoms with Crippen LogP contribution in [-0.4, -0.2) is 36.0 Å². The van der Waals surface area contributed by atoms with Crippen molar-refractivity contribution < 1.29 is 28.7 Å². The Morgan fingerprint density at radius 3 is 2.61 bits per heavy atom. The SMILES string of the molecule is C[C@@H](NC(=O)OCc1ccccc1)C(=O)O[C@@H]1CC(=O)NC1=O. The molecule has 1 saturated heterocycles. The van der Waals surface area contributed by atoms with E-state index >= 15 is 0 Å². The van der Waals surface area contributed by atoms with E-state index in [0.717, 1.165) is 5.56 Å². The first-order valence-corrected chi connectivity index (χ1v) is 6.97. The fourth-order valence-electron chi connectivity index (χ4n) is 1.87. The van der Waals surface area contributed by atoms with Gasteiger partial charge in [-0.2, -0.15) is 0 Å². The van der Waals surface area contributed by atoms with Crippen LogP contribution in [0.25, 0.3) is 0 Å². The van der Waals surface area contributed by atoms with Crippen LogP contribution in [-0.2, 0) is 30.5 Å². The molecule has 2 N–H and O–H groups in total. The van der Waals surface area contributed by atoms with Gasteiger partial charge in [-0.1, -0.05) is 30.3 Å². The number of carbonyl (C=O) groups is 4. The lowest BCUT2D eigenvalue weighted by atomic mass is 10.2. The van der Waals surface area contributed by atoms with Gasteiger partial charge < -0.3 is 14.8 Å². The summed E-state index contributed by atoms with van der Waals surface area (Å²) < 4.78 is 9.84. The molecular formula is C15H16N2O6. The number of esters is 1. The van der Waals surface area contributed by atoms with E-state index in [4.69, 9.17) is 9.47 Å². The third-order valence-corrected chi connectivity index (χ3v) is 3.08. The Balaban J connectivity index is 1.75. The van der Waals surface area contributed by atoms with E-state index in [0.29, 0.717) is 0 Å². The molecule has 0 saturated carbocycles. The number of alkyl carbamates (subject to hydrolysis) is 1. The molecule has 0 unspecified atom stereocenters. The Hall–Kier alpha value is -2.90. The number of amides is 3. The lowest BCUT2D eigenvalue weighted by Crippen LogP contribution is -2.42. The fraction of sp³-hybridized carbons (Fsp3) is 0.333. The first kappa shape index (κ1) is 16.5. The van der Waals surface area contributed by atoms with Crippen LogP contribution < -0.4 is 10.6 Å². The highest BCUT2D eigenvalue weighted by Crippen LogP contribution is 2.08. The Kier molecular flexibility index (Phi) is 5.29. The van der Waals surface area contributed by atoms with Crippen LogP contribution in [0.3, 0.4) is 0 Å². The predicted molar refractivity (Wildman–Crippen MR) is 76.9 cm³/mol. The van der Waals surface area contributed by atoms with Crippen LogP contribution in [0.5, 0.6) is 0 Å². The monoisotopic (exact) mass is 320 g/mol. The maximum Gasteiger partial charge on any atom is 0.408 e. The van der Waals surface area contributed by atoms with E-state index in [-0.39, 0.29) is 13.0 Å². The fourth-order valence-corrected chi connectivity index (χ4v) is 1.87. The van der Waals surface area contributed by atoms with Crippen molar-refractivity contribution >= 4 is 23.9 Å². The molecule has 0 aliphatic carbocycles. The van der Waals surface area contributed by atoms with E-state index in [1.165, 1.54) is 6.92 Å². The van der Waals surface area contributed by atoms with E-state index in [1.807, 2.05) is 23.5 Å². The molecule has 1 fully saturated rings. The van der Waals surface area contributed by atoms with E-state index in [1.54, 1.807) is 12.1 Å². The van der Waals surface area contributed by atoms with Crippen LogP contribution in [0.4, 0.5) is 4.79 Å². The van der Waals surface area contributed by atoms with Crippen molar-refractivity contribution in [3.05, 3.63) is 35.9 Å². The zero-order chi connectivity index (χ0) is 16.8. The van der Waals surface area contributed by atoms with Crippen LogP contribution >= 0.6 is 0 Å². The number of carbonyl (C=O) groups excluding carboxylic acids is 4. The van der Waals surface area contributed by atoms with Gasteiger partial charge in [0.25, 0.3) is 5.91 Å². The summed E-state index contributed by atoms with van der Waals surface area (Å²) in [6, 6.07) is 8.03. The Morgan fingerprint density at radius 2 is 2.00 bits per heavy atom. The van der Waals surface area contributed by atoms with E-state index in [2.05, 4.69) is 5.32 Å². The second kappa shape index (κ2) is 7.39. The molecule has 2 atom stereocenters. The summed E-state index contributed by atoms with van der Waals surface area (Å²) in [5, 5.41) is 4.32. The van der Waals surface area contributed by atoms with Crippen molar-refractivity contribution in [3.8, 4) is 0 Å². The van der Waals surface area contributed by atoms with Crippen molar-refractivity contribution in [1.82, 2.24) is 10.6 Å². The minimum absolute atomic E-state index is 0.0635. The molecule has 1 aromatic carbocycles. The lowest BCUT2D eigenvalue weighted by Gasteiger charge is -2.15. The van der Waals surface area contributed by atoms with Crippen molar-refractivity contribution in [2.75, 3.05) is 0 Å². The minimum atomic E-state index is -1.15. The highest BCUT2D eigenvalue weighted by Gasteiger charge is 2.35. The molecule has 8 nitrogen and oxygen atoms in total. The van der Waals surface area contributed by atoms with Gasteiger partial charge >= 0.3 is 12.1 Å². The molecule has 3 amide bonds. The van der Waals surface area contributed by atoms with E-state index < -0.39 is 36.0 Å². The van der Waals surface area contributed by atoms with Crippen LogP contribution in [0.2, 0.25) is 0 Å². The van der Waals surface area contributed by atoms with Crippen molar-refractivity contribution in [3.63, 3.8) is 0 Å². The normalized spacial score (nSPS) is 18.0. The third-order valence-electron chi connectivity index (χ3n) is 3.08. The van der Waals surface area contributed by atoms with Crippen molar-refractivity contribution in [2.45, 2.75) is 32.1 Å². The molecule has 1 aliphatic rings. The standard InChI is InChI=1S/C15H16N2O6/c1-9(14(20)23-11-7-12(18)17-13(11)19)16-15(21)22-8-10-5-3-2-4-6-10/h2-6,9,11H,7-8H2,1H3,(H,16,21)(H,17,18,19)/t9-,11-/m1/s1. The van der Waals surface area contributed by atoms with Gasteiger partial charge in [-0.3, -0.25) is 14.9 Å². The number of imide groups is 1. The Bertz CT molecular complexity index is 616. The summed E-state index contributed by atoms with van der Waals surface area (Å²) in [7, 11) is 0. The first-order valence-electron chi connectivity index (χ1n) is 6.97. The van der Waals surface area contributed by atoms with Gasteiger partial charge in [0.15, 0.2) is 6.10 Å². The number of rotatable bonds is 5. The molecule has 122 valence electrons. The lowest BCUT2D eigenvalue weighted by molar-refractivity contribution is -0.155. The van der Waals surface area contributed by atoms with Crippen LogP contribution in [0.15, 0.2) is 30.3 Å². The van der Waals surface area contributed by atoms with E-state index in [9.17, 15) is 19.2 Å². The predicted octanol–water partition coefficient (Wildman–Crippen LogP) is 0.260. The molecule has 0 radical (unpaired) electrons. The van der Waals surface area contributed by atoms with Crippen molar-refractivity contribution in [1.29, 1.82) is 0 Å². The van der Waals surface area contributed by atoms with Gasteiger partial charge in [0.2, 0.25) is 5.91 Å². The number of hydrogen-bond donors (Lipinski definition) is 2. The summed E-state index contributed by atoms with van der Waals surface area (Å²) in [4.78, 5) is 45.7. The van der Waals surface area contributed by atoms with Gasteiger partial charge in [0.05, 0.1) is 6.42 Å². The molecule has 0 aromatic heterocycles. The maximum absolute atomic E-state index is 11.8. The highest BCUT2D eigenvalue weighted by atomic mass is 16.6. The van der Waals surface area contributed by atoms with Crippen LogP contribution in [0.1, 0.15) is 18.9 Å². The highest BCUT2D eigenvalue weighted by molar-refractivity contribution is 6.05. The van der Waals surface area contributed by atoms with Crippen LogP contribution in [0, 0.1) is 0 Å². The molecule has 8 heteroatoms. The zero-order valence-electron chi connectivity index (χ0n) is 12.4. The number of hydrogen-bond acceptors (Lipinski definition) is 6. The first-order chi connectivity index (χ1) is 11.0. The number of benzene rings is 1. The van der Waals surface area contributed by atoms with Gasteiger partial charge in [-0.05, 0) is 12.5 Å². The van der Waals surface area contributed by atoms with Gasteiger partial charge in [-0.15, -0.1) is 0 Å². The molecule has 1 aliphatic heterocycles. The van der Waals surface area contributed by atoms with Crippen molar-refractivity contribution in [2.24, 2.45) is 0 Å². The quantitative estimate of drug-likeness (QED) is 0.595. The number of ether oxygens (including phenoxy) is 2. The zero-order valence-corrected chi connectivity index (χ0v) is 12.4. The van der Waals surface area contributed by atoms with Gasteiger partial charge in [0.1, 0.15) is 12.6 Å². The van der Waals surface area contributed by atoms with Gasteiger partial charge in [-0.25, -0.2) is 9.59 Å². The largest absolute Gasteiger partial charge is 0.450 e. The molecule has 1 heterocycles. The molecule has 1 aromatic rings. The topological polar surface area (TPSA) is 111 Å². The average Bonchev–Trinajstić information content (AvgIpc) is 2.83. The van der Waals surface area contributed by atoms with Gasteiger partial charge in [0, 0.05) is 0 Å². The summed E-state index contributed by atoms with van der Waals surface area (Å²) in [6.45, 7) is 1.45. The molecule has 0 bridgehead atoms. The second-order valence-corrected chi connectivity index (χ2v) is 4.97. The smallest absolute Gasteiger partial charge is 0.408 e. The summed E-state index contributed by atoms with van der Waals surface area (Å²) >= 11 is 0. The Morgan fingerprint density at radius 1 is 1.30 bits per heavy atom. The summed E-state index contributed by atoms with van der Waals surface area (Å²) in [6.07, 6.45) is -2.15. The Labute approximate surface area is 132 Å². The molecule has 23 heavy (non-hydrogen) atoms. The second-order valence-electron chi connectivity index (χ2n) is 4.97. The third kappa shape index (κ3) is 4.80. The summed E-state index contributed by atoms with van der Waals surface area (Å²) in [5.41, 5.74) is 0.805. The molecule has 2 rings (SSSR count). The molecule has 0 spiro atoms. The number of nitrogens with one attached hydrogen (secondary N) is 2. The average molecular weight is 320 g/mol. The summed E-state index contributed by atoms with van der Waals surface area (Å²) in [5.74, 6) is -1.99. The molecular weight excluding hydrogens is 304 g/mol.